The van der Waals surface area contributed by atoms with Crippen molar-refractivity contribution in [1.29, 1.82) is 5.26 Å². The molecule has 3 fully saturated rings. The minimum absolute atomic E-state index is 0.402. The topological polar surface area (TPSA) is 48.3 Å². The maximum atomic E-state index is 9.52. The summed E-state index contributed by atoms with van der Waals surface area (Å²) in [5.41, 5.74) is -0.402. The van der Waals surface area contributed by atoms with E-state index in [4.69, 9.17) is 4.74 Å². The summed E-state index contributed by atoms with van der Waals surface area (Å²) in [6.07, 6.45) is 7.89. The SMILES string of the molecule is CC(C#N)(CN1CCOC2CCCCC21)NC1CC1. The summed E-state index contributed by atoms with van der Waals surface area (Å²) in [4.78, 5) is 2.51. The smallest absolute Gasteiger partial charge is 0.116 e. The van der Waals surface area contributed by atoms with Gasteiger partial charge in [-0.3, -0.25) is 10.2 Å². The van der Waals surface area contributed by atoms with Crippen LogP contribution in [-0.2, 0) is 4.74 Å². The van der Waals surface area contributed by atoms with E-state index < -0.39 is 5.54 Å². The fraction of sp³-hybridized carbons (Fsp3) is 0.933. The number of rotatable bonds is 4. The van der Waals surface area contributed by atoms with Crippen LogP contribution in [0.15, 0.2) is 0 Å². The van der Waals surface area contributed by atoms with Gasteiger partial charge in [-0.15, -0.1) is 0 Å². The first-order valence-corrected chi connectivity index (χ1v) is 7.75. The summed E-state index contributed by atoms with van der Waals surface area (Å²) in [7, 11) is 0. The van der Waals surface area contributed by atoms with E-state index >= 15 is 0 Å². The minimum atomic E-state index is -0.402. The number of hydrogen-bond donors (Lipinski definition) is 1. The third-order valence-electron chi connectivity index (χ3n) is 4.71. The molecule has 1 N–H and O–H groups in total. The number of morpholine rings is 1. The lowest BCUT2D eigenvalue weighted by Gasteiger charge is -2.46. The standard InChI is InChI=1S/C15H25N3O/c1-15(10-16,17-12-6-7-12)11-18-8-9-19-14-5-3-2-4-13(14)18/h12-14,17H,2-9,11H2,1H3. The summed E-state index contributed by atoms with van der Waals surface area (Å²) in [6, 6.07) is 3.61. The lowest BCUT2D eigenvalue weighted by molar-refractivity contribution is -0.0921. The Hall–Kier alpha value is -0.630. The van der Waals surface area contributed by atoms with Crippen LogP contribution >= 0.6 is 0 Å². The monoisotopic (exact) mass is 263 g/mol. The van der Waals surface area contributed by atoms with E-state index in [1.807, 2.05) is 0 Å². The number of nitrogens with one attached hydrogen (secondary N) is 1. The van der Waals surface area contributed by atoms with Crippen LogP contribution in [-0.4, -0.2) is 48.3 Å². The molecule has 19 heavy (non-hydrogen) atoms. The molecule has 2 saturated carbocycles. The Bertz CT molecular complexity index is 361. The largest absolute Gasteiger partial charge is 0.375 e. The Morgan fingerprint density at radius 2 is 2.11 bits per heavy atom. The Morgan fingerprint density at radius 3 is 2.84 bits per heavy atom. The predicted molar refractivity (Wildman–Crippen MR) is 73.7 cm³/mol. The molecule has 1 saturated heterocycles. The molecule has 1 aliphatic heterocycles. The molecule has 4 heteroatoms. The van der Waals surface area contributed by atoms with Gasteiger partial charge in [-0.05, 0) is 32.6 Å². The molecule has 0 aromatic heterocycles. The summed E-state index contributed by atoms with van der Waals surface area (Å²) in [5, 5.41) is 13.0. The van der Waals surface area contributed by atoms with Crippen molar-refractivity contribution in [3.63, 3.8) is 0 Å². The molecule has 0 spiro atoms. The minimum Gasteiger partial charge on any atom is -0.375 e. The number of fused-ring (bicyclic) bond motifs is 1. The van der Waals surface area contributed by atoms with Crippen LogP contribution in [0.4, 0.5) is 0 Å². The van der Waals surface area contributed by atoms with Crippen molar-refractivity contribution in [2.24, 2.45) is 0 Å². The highest BCUT2D eigenvalue weighted by Crippen LogP contribution is 2.30. The van der Waals surface area contributed by atoms with Gasteiger partial charge in [0.25, 0.3) is 0 Å². The number of nitrogens with zero attached hydrogens (tertiary/aromatic N) is 2. The van der Waals surface area contributed by atoms with Crippen LogP contribution in [0.3, 0.4) is 0 Å². The molecule has 3 aliphatic rings. The normalized spacial score (nSPS) is 35.2. The second kappa shape index (κ2) is 5.40. The summed E-state index contributed by atoms with van der Waals surface area (Å²) >= 11 is 0. The first-order valence-electron chi connectivity index (χ1n) is 7.75. The molecular weight excluding hydrogens is 238 g/mol. The van der Waals surface area contributed by atoms with Gasteiger partial charge in [0.2, 0.25) is 0 Å². The van der Waals surface area contributed by atoms with E-state index in [0.29, 0.717) is 18.2 Å². The van der Waals surface area contributed by atoms with Crippen molar-refractivity contribution in [2.75, 3.05) is 19.7 Å². The van der Waals surface area contributed by atoms with E-state index in [2.05, 4.69) is 23.2 Å². The average molecular weight is 263 g/mol. The van der Waals surface area contributed by atoms with Crippen molar-refractivity contribution in [2.45, 2.75) is 69.2 Å². The lowest BCUT2D eigenvalue weighted by atomic mass is 9.89. The summed E-state index contributed by atoms with van der Waals surface area (Å²) < 4.78 is 5.91. The van der Waals surface area contributed by atoms with Gasteiger partial charge in [-0.2, -0.15) is 5.26 Å². The molecule has 3 rings (SSSR count). The van der Waals surface area contributed by atoms with Gasteiger partial charge >= 0.3 is 0 Å². The van der Waals surface area contributed by atoms with Crippen molar-refractivity contribution in [3.8, 4) is 6.07 Å². The van der Waals surface area contributed by atoms with Crippen molar-refractivity contribution in [1.82, 2.24) is 10.2 Å². The molecule has 3 unspecified atom stereocenters. The second-order valence-electron chi connectivity index (χ2n) is 6.59. The number of ether oxygens (including phenoxy) is 1. The van der Waals surface area contributed by atoms with E-state index in [1.54, 1.807) is 0 Å². The second-order valence-corrected chi connectivity index (χ2v) is 6.59. The molecule has 4 nitrogen and oxygen atoms in total. The quantitative estimate of drug-likeness (QED) is 0.838. The maximum absolute atomic E-state index is 9.52. The van der Waals surface area contributed by atoms with Gasteiger partial charge in [0.05, 0.1) is 18.8 Å². The average Bonchev–Trinajstić information content (AvgIpc) is 3.23. The molecule has 0 amide bonds. The molecule has 0 radical (unpaired) electrons. The molecule has 2 aliphatic carbocycles. The van der Waals surface area contributed by atoms with Crippen LogP contribution < -0.4 is 5.32 Å². The van der Waals surface area contributed by atoms with Gasteiger partial charge in [-0.25, -0.2) is 0 Å². The zero-order valence-electron chi connectivity index (χ0n) is 11.9. The third kappa shape index (κ3) is 3.10. The highest BCUT2D eigenvalue weighted by atomic mass is 16.5. The van der Waals surface area contributed by atoms with Crippen LogP contribution in [0.2, 0.25) is 0 Å². The first-order chi connectivity index (χ1) is 9.20. The molecule has 1 heterocycles. The van der Waals surface area contributed by atoms with Crippen LogP contribution in [0.5, 0.6) is 0 Å². The molecule has 106 valence electrons. The van der Waals surface area contributed by atoms with Gasteiger partial charge in [-0.1, -0.05) is 12.8 Å². The zero-order valence-corrected chi connectivity index (χ0v) is 11.9. The van der Waals surface area contributed by atoms with E-state index in [0.717, 1.165) is 19.7 Å². The maximum Gasteiger partial charge on any atom is 0.116 e. The van der Waals surface area contributed by atoms with E-state index in [9.17, 15) is 5.26 Å². The fourth-order valence-corrected chi connectivity index (χ4v) is 3.57. The van der Waals surface area contributed by atoms with Crippen LogP contribution in [0.25, 0.3) is 0 Å². The van der Waals surface area contributed by atoms with Crippen LogP contribution in [0.1, 0.15) is 45.4 Å². The zero-order chi connectivity index (χ0) is 13.3. The predicted octanol–water partition coefficient (Wildman–Crippen LogP) is 1.66. The Labute approximate surface area is 116 Å². The fourth-order valence-electron chi connectivity index (χ4n) is 3.57. The Kier molecular flexibility index (Phi) is 3.79. The molecule has 0 aromatic carbocycles. The highest BCUT2D eigenvalue weighted by molar-refractivity contribution is 5.10. The molecular formula is C15H25N3O. The van der Waals surface area contributed by atoms with Crippen molar-refractivity contribution in [3.05, 3.63) is 0 Å². The van der Waals surface area contributed by atoms with Crippen molar-refractivity contribution >= 4 is 0 Å². The van der Waals surface area contributed by atoms with E-state index in [-0.39, 0.29) is 0 Å². The van der Waals surface area contributed by atoms with Gasteiger partial charge in [0.15, 0.2) is 0 Å². The van der Waals surface area contributed by atoms with Gasteiger partial charge in [0, 0.05) is 25.2 Å². The van der Waals surface area contributed by atoms with Gasteiger partial charge in [0.1, 0.15) is 5.54 Å². The molecule has 0 aromatic rings. The lowest BCUT2D eigenvalue weighted by Crippen LogP contribution is -2.59. The first kappa shape index (κ1) is 13.4. The summed E-state index contributed by atoms with van der Waals surface area (Å²) in [5.74, 6) is 0. The van der Waals surface area contributed by atoms with Crippen LogP contribution in [0, 0.1) is 11.3 Å². The summed E-state index contributed by atoms with van der Waals surface area (Å²) in [6.45, 7) is 4.69. The molecule has 3 atom stereocenters. The molecule has 0 bridgehead atoms. The number of nitriles is 1. The Morgan fingerprint density at radius 1 is 1.32 bits per heavy atom. The third-order valence-corrected chi connectivity index (χ3v) is 4.71. The van der Waals surface area contributed by atoms with Crippen molar-refractivity contribution < 1.29 is 4.74 Å². The Balaban J connectivity index is 1.64. The highest BCUT2D eigenvalue weighted by Gasteiger charge is 2.39. The van der Waals surface area contributed by atoms with Gasteiger partial charge < -0.3 is 4.74 Å². The number of hydrogen-bond acceptors (Lipinski definition) is 4. The van der Waals surface area contributed by atoms with E-state index in [1.165, 1.54) is 38.5 Å².